The van der Waals surface area contributed by atoms with Crippen LogP contribution in [0.2, 0.25) is 0 Å². The molecule has 30 heavy (non-hydrogen) atoms. The number of ether oxygens (including phenoxy) is 8. The van der Waals surface area contributed by atoms with Crippen LogP contribution in [-0.2, 0) is 37.9 Å². The third-order valence-corrected chi connectivity index (χ3v) is 3.95. The van der Waals surface area contributed by atoms with Gasteiger partial charge in [0.1, 0.15) is 0 Å². The molecule has 0 fully saturated rings. The van der Waals surface area contributed by atoms with E-state index in [2.05, 4.69) is 6.92 Å². The Hall–Kier alpha value is -0.320. The van der Waals surface area contributed by atoms with Crippen LogP contribution in [0, 0.1) is 0 Å². The Bertz CT molecular complexity index is 266. The minimum absolute atomic E-state index is 0.551. The first-order valence-corrected chi connectivity index (χ1v) is 11.5. The lowest BCUT2D eigenvalue weighted by Gasteiger charge is -2.08. The molecular formula is C22H46O8. The van der Waals surface area contributed by atoms with Crippen molar-refractivity contribution >= 4 is 0 Å². The fourth-order valence-electron chi connectivity index (χ4n) is 2.31. The van der Waals surface area contributed by atoms with E-state index in [1.807, 2.05) is 6.92 Å². The van der Waals surface area contributed by atoms with Crippen molar-refractivity contribution in [3.63, 3.8) is 0 Å². The van der Waals surface area contributed by atoms with Gasteiger partial charge in [-0.3, -0.25) is 0 Å². The van der Waals surface area contributed by atoms with Crippen molar-refractivity contribution in [1.82, 2.24) is 0 Å². The molecule has 0 saturated heterocycles. The summed E-state index contributed by atoms with van der Waals surface area (Å²) in [5, 5.41) is 0. The summed E-state index contributed by atoms with van der Waals surface area (Å²) in [5.74, 6) is 0. The molecule has 0 saturated carbocycles. The maximum absolute atomic E-state index is 5.51. The SMILES string of the molecule is CCCCCCOCCOCCOCCOCCOCCOCCOCCOCC. The second kappa shape index (κ2) is 28.7. The van der Waals surface area contributed by atoms with Crippen molar-refractivity contribution in [1.29, 1.82) is 0 Å². The van der Waals surface area contributed by atoms with E-state index in [1.54, 1.807) is 0 Å². The van der Waals surface area contributed by atoms with Crippen molar-refractivity contribution in [2.45, 2.75) is 39.5 Å². The zero-order valence-electron chi connectivity index (χ0n) is 19.4. The van der Waals surface area contributed by atoms with Crippen LogP contribution >= 0.6 is 0 Å². The van der Waals surface area contributed by atoms with Gasteiger partial charge in [-0.05, 0) is 13.3 Å². The summed E-state index contributed by atoms with van der Waals surface area (Å²) < 4.78 is 43.2. The topological polar surface area (TPSA) is 73.8 Å². The lowest BCUT2D eigenvalue weighted by Crippen LogP contribution is -2.15. The summed E-state index contributed by atoms with van der Waals surface area (Å²) in [5.41, 5.74) is 0. The van der Waals surface area contributed by atoms with Crippen molar-refractivity contribution in [3.8, 4) is 0 Å². The molecule has 0 aliphatic carbocycles. The summed E-state index contributed by atoms with van der Waals surface area (Å²) in [6.45, 7) is 13.9. The van der Waals surface area contributed by atoms with Gasteiger partial charge in [-0.2, -0.15) is 0 Å². The summed E-state index contributed by atoms with van der Waals surface area (Å²) in [6.07, 6.45) is 4.93. The molecular weight excluding hydrogens is 392 g/mol. The van der Waals surface area contributed by atoms with Gasteiger partial charge in [-0.1, -0.05) is 26.2 Å². The van der Waals surface area contributed by atoms with Gasteiger partial charge in [0.2, 0.25) is 0 Å². The van der Waals surface area contributed by atoms with Crippen molar-refractivity contribution in [2.24, 2.45) is 0 Å². The van der Waals surface area contributed by atoms with Gasteiger partial charge in [0, 0.05) is 13.2 Å². The molecule has 0 aliphatic rings. The maximum Gasteiger partial charge on any atom is 0.0701 e. The average molecular weight is 439 g/mol. The maximum atomic E-state index is 5.51. The van der Waals surface area contributed by atoms with Crippen molar-refractivity contribution < 1.29 is 37.9 Å². The normalized spacial score (nSPS) is 11.4. The lowest BCUT2D eigenvalue weighted by molar-refractivity contribution is -0.0229. The van der Waals surface area contributed by atoms with Gasteiger partial charge in [0.15, 0.2) is 0 Å². The van der Waals surface area contributed by atoms with Crippen LogP contribution in [0.25, 0.3) is 0 Å². The van der Waals surface area contributed by atoms with E-state index in [4.69, 9.17) is 37.9 Å². The van der Waals surface area contributed by atoms with Crippen LogP contribution in [0.4, 0.5) is 0 Å². The summed E-state index contributed by atoms with van der Waals surface area (Å²) in [4.78, 5) is 0. The Morgan fingerprint density at radius 3 is 0.900 bits per heavy atom. The van der Waals surface area contributed by atoms with Gasteiger partial charge in [-0.25, -0.2) is 0 Å². The molecule has 0 amide bonds. The number of unbranched alkanes of at least 4 members (excludes halogenated alkanes) is 3. The molecule has 0 spiro atoms. The van der Waals surface area contributed by atoms with Crippen LogP contribution < -0.4 is 0 Å². The Kier molecular flexibility index (Phi) is 28.4. The van der Waals surface area contributed by atoms with Crippen LogP contribution in [-0.4, -0.2) is 106 Å². The Balaban J connectivity index is 2.97. The third kappa shape index (κ3) is 27.7. The third-order valence-electron chi connectivity index (χ3n) is 3.95. The molecule has 0 aromatic heterocycles. The first-order chi connectivity index (χ1) is 14.9. The molecule has 0 aliphatic heterocycles. The molecule has 8 nitrogen and oxygen atoms in total. The number of rotatable bonds is 27. The minimum Gasteiger partial charge on any atom is -0.379 e. The highest BCUT2D eigenvalue weighted by Crippen LogP contribution is 1.98. The lowest BCUT2D eigenvalue weighted by atomic mass is 10.2. The molecule has 182 valence electrons. The van der Waals surface area contributed by atoms with Crippen LogP contribution in [0.5, 0.6) is 0 Å². The smallest absolute Gasteiger partial charge is 0.0701 e. The average Bonchev–Trinajstić information content (AvgIpc) is 2.76. The summed E-state index contributed by atoms with van der Waals surface area (Å²) >= 11 is 0. The van der Waals surface area contributed by atoms with E-state index in [9.17, 15) is 0 Å². The van der Waals surface area contributed by atoms with Gasteiger partial charge >= 0.3 is 0 Å². The Morgan fingerprint density at radius 2 is 0.600 bits per heavy atom. The van der Waals surface area contributed by atoms with E-state index in [0.29, 0.717) is 92.5 Å². The molecule has 0 unspecified atom stereocenters. The van der Waals surface area contributed by atoms with E-state index in [0.717, 1.165) is 19.6 Å². The van der Waals surface area contributed by atoms with Crippen LogP contribution in [0.1, 0.15) is 39.5 Å². The molecule has 8 heteroatoms. The predicted molar refractivity (Wildman–Crippen MR) is 116 cm³/mol. The van der Waals surface area contributed by atoms with E-state index in [-0.39, 0.29) is 0 Å². The standard InChI is InChI=1S/C22H46O8/c1-3-5-6-7-8-24-11-12-26-15-16-28-19-20-30-22-21-29-18-17-27-14-13-25-10-9-23-4-2/h3-22H2,1-2H3. The first-order valence-electron chi connectivity index (χ1n) is 11.5. The van der Waals surface area contributed by atoms with Crippen LogP contribution in [0.3, 0.4) is 0 Å². The summed E-state index contributed by atoms with van der Waals surface area (Å²) in [6, 6.07) is 0. The molecule has 0 N–H and O–H groups in total. The highest BCUT2D eigenvalue weighted by molar-refractivity contribution is 4.40. The minimum atomic E-state index is 0.551. The predicted octanol–water partition coefficient (Wildman–Crippen LogP) is 2.72. The van der Waals surface area contributed by atoms with Gasteiger partial charge in [-0.15, -0.1) is 0 Å². The molecule has 0 aromatic rings. The second-order valence-electron chi connectivity index (χ2n) is 6.54. The fraction of sp³-hybridized carbons (Fsp3) is 1.00. The molecule has 0 radical (unpaired) electrons. The van der Waals surface area contributed by atoms with Gasteiger partial charge in [0.25, 0.3) is 0 Å². The van der Waals surface area contributed by atoms with Crippen LogP contribution in [0.15, 0.2) is 0 Å². The van der Waals surface area contributed by atoms with Gasteiger partial charge in [0.05, 0.1) is 92.5 Å². The highest BCUT2D eigenvalue weighted by atomic mass is 16.6. The Labute approximate surface area is 183 Å². The quantitative estimate of drug-likeness (QED) is 0.181. The van der Waals surface area contributed by atoms with Crippen molar-refractivity contribution in [2.75, 3.05) is 106 Å². The zero-order valence-corrected chi connectivity index (χ0v) is 19.4. The van der Waals surface area contributed by atoms with E-state index >= 15 is 0 Å². The number of hydrogen-bond donors (Lipinski definition) is 0. The second-order valence-corrected chi connectivity index (χ2v) is 6.54. The van der Waals surface area contributed by atoms with E-state index < -0.39 is 0 Å². The first kappa shape index (κ1) is 29.7. The molecule has 0 aromatic carbocycles. The van der Waals surface area contributed by atoms with Gasteiger partial charge < -0.3 is 37.9 Å². The molecule has 0 rings (SSSR count). The summed E-state index contributed by atoms with van der Waals surface area (Å²) in [7, 11) is 0. The Morgan fingerprint density at radius 1 is 0.300 bits per heavy atom. The molecule has 0 bridgehead atoms. The number of hydrogen-bond acceptors (Lipinski definition) is 8. The monoisotopic (exact) mass is 438 g/mol. The zero-order chi connectivity index (χ0) is 21.8. The van der Waals surface area contributed by atoms with E-state index in [1.165, 1.54) is 19.3 Å². The largest absolute Gasteiger partial charge is 0.379 e. The molecule has 0 atom stereocenters. The fourth-order valence-corrected chi connectivity index (χ4v) is 2.31. The highest BCUT2D eigenvalue weighted by Gasteiger charge is 1.95. The molecule has 0 heterocycles. The van der Waals surface area contributed by atoms with Crippen molar-refractivity contribution in [3.05, 3.63) is 0 Å².